The summed E-state index contributed by atoms with van der Waals surface area (Å²) in [5.74, 6) is -0.195. The van der Waals surface area contributed by atoms with Gasteiger partial charge in [0.15, 0.2) is 0 Å². The van der Waals surface area contributed by atoms with Gasteiger partial charge in [0.2, 0.25) is 11.8 Å². The Hall–Kier alpha value is -2.63. The molecule has 1 atom stereocenters. The number of carbonyl (C=O) groups excluding carboxylic acids is 2. The zero-order chi connectivity index (χ0) is 19.8. The van der Waals surface area contributed by atoms with E-state index in [1.807, 2.05) is 29.3 Å². The number of aromatic nitrogens is 1. The van der Waals surface area contributed by atoms with Crippen molar-refractivity contribution >= 4 is 34.1 Å². The molecular formula is C23H28N4O2. The second kappa shape index (κ2) is 7.65. The van der Waals surface area contributed by atoms with Crippen LogP contribution in [0.4, 0.5) is 11.4 Å². The van der Waals surface area contributed by atoms with E-state index in [4.69, 9.17) is 0 Å². The summed E-state index contributed by atoms with van der Waals surface area (Å²) in [5.41, 5.74) is 2.86. The van der Waals surface area contributed by atoms with Crippen molar-refractivity contribution in [3.63, 3.8) is 0 Å². The van der Waals surface area contributed by atoms with Crippen LogP contribution >= 0.6 is 0 Å². The maximum absolute atomic E-state index is 13.0. The Bertz CT molecular complexity index is 932. The average Bonchev–Trinajstić information content (AvgIpc) is 3.50. The van der Waals surface area contributed by atoms with Crippen LogP contribution in [0.25, 0.3) is 10.9 Å². The topological polar surface area (TPSA) is 65.5 Å². The lowest BCUT2D eigenvalue weighted by molar-refractivity contribution is -0.129. The molecule has 0 bridgehead atoms. The highest BCUT2D eigenvalue weighted by molar-refractivity contribution is 6.06. The van der Waals surface area contributed by atoms with Gasteiger partial charge in [-0.2, -0.15) is 0 Å². The number of hydrogen-bond donors (Lipinski definition) is 1. The SMILES string of the molecule is O=C(Nc1ccc(N2CCCC2)c2ncccc12)C1CC(=O)N(C2CCCC2)C1. The predicted molar refractivity (Wildman–Crippen MR) is 114 cm³/mol. The Labute approximate surface area is 171 Å². The number of likely N-dealkylation sites (tertiary alicyclic amines) is 1. The van der Waals surface area contributed by atoms with Gasteiger partial charge >= 0.3 is 0 Å². The first kappa shape index (κ1) is 18.4. The normalized spacial score (nSPS) is 22.8. The van der Waals surface area contributed by atoms with Gasteiger partial charge in [0, 0.05) is 43.7 Å². The van der Waals surface area contributed by atoms with Crippen molar-refractivity contribution in [3.05, 3.63) is 30.5 Å². The van der Waals surface area contributed by atoms with Crippen molar-refractivity contribution in [2.75, 3.05) is 29.9 Å². The van der Waals surface area contributed by atoms with Crippen LogP contribution in [0.2, 0.25) is 0 Å². The predicted octanol–water partition coefficient (Wildman–Crippen LogP) is 3.56. The summed E-state index contributed by atoms with van der Waals surface area (Å²) >= 11 is 0. The van der Waals surface area contributed by atoms with Crippen LogP contribution in [-0.2, 0) is 9.59 Å². The molecule has 1 N–H and O–H groups in total. The number of rotatable bonds is 4. The number of fused-ring (bicyclic) bond motifs is 1. The Balaban J connectivity index is 1.36. The van der Waals surface area contributed by atoms with E-state index >= 15 is 0 Å². The molecule has 1 aromatic carbocycles. The standard InChI is InChI=1S/C23H28N4O2/c28-21-14-16(15-27(21)17-6-1-2-7-17)23(29)25-19-9-10-20(26-12-3-4-13-26)22-18(19)8-5-11-24-22/h5,8-11,16-17H,1-4,6-7,12-15H2,(H,25,29). The van der Waals surface area contributed by atoms with Crippen LogP contribution < -0.4 is 10.2 Å². The maximum Gasteiger partial charge on any atom is 0.229 e. The van der Waals surface area contributed by atoms with Crippen molar-refractivity contribution < 1.29 is 9.59 Å². The number of anilines is 2. The molecule has 1 unspecified atom stereocenters. The van der Waals surface area contributed by atoms with Gasteiger partial charge in [0.25, 0.3) is 0 Å². The average molecular weight is 393 g/mol. The van der Waals surface area contributed by atoms with Crippen LogP contribution in [0, 0.1) is 5.92 Å². The summed E-state index contributed by atoms with van der Waals surface area (Å²) in [5, 5.41) is 4.06. The first-order valence-corrected chi connectivity index (χ1v) is 10.9. The van der Waals surface area contributed by atoms with Gasteiger partial charge in [-0.15, -0.1) is 0 Å². The van der Waals surface area contributed by atoms with Gasteiger partial charge in [-0.25, -0.2) is 0 Å². The highest BCUT2D eigenvalue weighted by atomic mass is 16.2. The summed E-state index contributed by atoms with van der Waals surface area (Å²) in [6, 6.07) is 8.32. The molecule has 3 aliphatic rings. The quantitative estimate of drug-likeness (QED) is 0.864. The van der Waals surface area contributed by atoms with Crippen molar-refractivity contribution in [2.45, 2.75) is 51.0 Å². The molecule has 0 spiro atoms. The largest absolute Gasteiger partial charge is 0.370 e. The summed E-state index contributed by atoms with van der Waals surface area (Å²) in [6.45, 7) is 2.66. The lowest BCUT2D eigenvalue weighted by Gasteiger charge is -2.24. The second-order valence-corrected chi connectivity index (χ2v) is 8.60. The fourth-order valence-corrected chi connectivity index (χ4v) is 5.19. The fraction of sp³-hybridized carbons (Fsp3) is 0.522. The molecule has 0 radical (unpaired) electrons. The van der Waals surface area contributed by atoms with E-state index in [2.05, 4.69) is 21.3 Å². The number of carbonyl (C=O) groups is 2. The monoisotopic (exact) mass is 392 g/mol. The number of pyridine rings is 1. The first-order valence-electron chi connectivity index (χ1n) is 10.9. The Kier molecular flexibility index (Phi) is 4.86. The highest BCUT2D eigenvalue weighted by Gasteiger charge is 2.38. The molecule has 3 heterocycles. The molecule has 2 aromatic rings. The van der Waals surface area contributed by atoms with E-state index < -0.39 is 0 Å². The first-order chi connectivity index (χ1) is 14.2. The van der Waals surface area contributed by atoms with E-state index in [9.17, 15) is 9.59 Å². The molecule has 2 aliphatic heterocycles. The molecule has 1 aromatic heterocycles. The zero-order valence-electron chi connectivity index (χ0n) is 16.8. The van der Waals surface area contributed by atoms with Gasteiger partial charge in [0.1, 0.15) is 0 Å². The van der Waals surface area contributed by atoms with Crippen LogP contribution in [0.15, 0.2) is 30.5 Å². The third kappa shape index (κ3) is 3.45. The molecule has 6 nitrogen and oxygen atoms in total. The van der Waals surface area contributed by atoms with E-state index in [-0.39, 0.29) is 17.7 Å². The summed E-state index contributed by atoms with van der Waals surface area (Å²) in [4.78, 5) is 34.4. The zero-order valence-corrected chi connectivity index (χ0v) is 16.8. The molecule has 1 saturated carbocycles. The Morgan fingerprint density at radius 3 is 2.66 bits per heavy atom. The number of nitrogens with one attached hydrogen (secondary N) is 1. The van der Waals surface area contributed by atoms with Gasteiger partial charge in [-0.3, -0.25) is 14.6 Å². The van der Waals surface area contributed by atoms with Gasteiger partial charge < -0.3 is 15.1 Å². The van der Waals surface area contributed by atoms with Crippen LogP contribution in [-0.4, -0.2) is 47.4 Å². The fourth-order valence-electron chi connectivity index (χ4n) is 5.19. The van der Waals surface area contributed by atoms with Crippen LogP contribution in [0.5, 0.6) is 0 Å². The van der Waals surface area contributed by atoms with Gasteiger partial charge in [-0.05, 0) is 49.9 Å². The molecule has 2 amide bonds. The lowest BCUT2D eigenvalue weighted by atomic mass is 10.1. The minimum atomic E-state index is -0.270. The third-order valence-corrected chi connectivity index (χ3v) is 6.75. The van der Waals surface area contributed by atoms with Crippen LogP contribution in [0.3, 0.4) is 0 Å². The van der Waals surface area contributed by atoms with Gasteiger partial charge in [-0.1, -0.05) is 12.8 Å². The second-order valence-electron chi connectivity index (χ2n) is 8.60. The summed E-state index contributed by atoms with van der Waals surface area (Å²) in [6.07, 6.45) is 9.08. The van der Waals surface area contributed by atoms with E-state index in [0.29, 0.717) is 19.0 Å². The van der Waals surface area contributed by atoms with E-state index in [0.717, 1.165) is 48.2 Å². The van der Waals surface area contributed by atoms with Gasteiger partial charge in [0.05, 0.1) is 22.8 Å². The minimum absolute atomic E-state index is 0.0575. The number of nitrogens with zero attached hydrogens (tertiary/aromatic N) is 3. The molecule has 29 heavy (non-hydrogen) atoms. The third-order valence-electron chi connectivity index (χ3n) is 6.75. The molecule has 152 valence electrons. The lowest BCUT2D eigenvalue weighted by Crippen LogP contribution is -2.35. The number of hydrogen-bond acceptors (Lipinski definition) is 4. The molecular weight excluding hydrogens is 364 g/mol. The van der Waals surface area contributed by atoms with Crippen molar-refractivity contribution in [1.82, 2.24) is 9.88 Å². The van der Waals surface area contributed by atoms with E-state index in [1.54, 1.807) is 0 Å². The summed E-state index contributed by atoms with van der Waals surface area (Å²) < 4.78 is 0. The van der Waals surface area contributed by atoms with Crippen molar-refractivity contribution in [1.29, 1.82) is 0 Å². The molecule has 3 fully saturated rings. The van der Waals surface area contributed by atoms with Crippen molar-refractivity contribution in [2.24, 2.45) is 5.92 Å². The molecule has 2 saturated heterocycles. The number of amides is 2. The Morgan fingerprint density at radius 2 is 1.86 bits per heavy atom. The smallest absolute Gasteiger partial charge is 0.229 e. The minimum Gasteiger partial charge on any atom is -0.370 e. The summed E-state index contributed by atoms with van der Waals surface area (Å²) in [7, 11) is 0. The molecule has 6 heteroatoms. The number of benzene rings is 1. The highest BCUT2D eigenvalue weighted by Crippen LogP contribution is 2.34. The van der Waals surface area contributed by atoms with Crippen LogP contribution in [0.1, 0.15) is 44.9 Å². The maximum atomic E-state index is 13.0. The van der Waals surface area contributed by atoms with E-state index in [1.165, 1.54) is 25.7 Å². The van der Waals surface area contributed by atoms with Crippen molar-refractivity contribution in [3.8, 4) is 0 Å². The molecule has 1 aliphatic carbocycles. The molecule has 5 rings (SSSR count). The Morgan fingerprint density at radius 1 is 1.07 bits per heavy atom.